The summed E-state index contributed by atoms with van der Waals surface area (Å²) in [7, 11) is 0. The third kappa shape index (κ3) is 3.57. The van der Waals surface area contributed by atoms with Crippen LogP contribution < -0.4 is 11.1 Å². The van der Waals surface area contributed by atoms with Crippen LogP contribution in [-0.2, 0) is 0 Å². The number of hydrogen-bond donors (Lipinski definition) is 2. The second-order valence-corrected chi connectivity index (χ2v) is 5.89. The number of pyridine rings is 1. The third-order valence-electron chi connectivity index (χ3n) is 2.75. The zero-order valence-electron chi connectivity index (χ0n) is 9.90. The summed E-state index contributed by atoms with van der Waals surface area (Å²) in [5, 5.41) is 3.47. The van der Waals surface area contributed by atoms with Gasteiger partial charge in [0, 0.05) is 23.1 Å². The van der Waals surface area contributed by atoms with Gasteiger partial charge in [0.15, 0.2) is 0 Å². The molecule has 2 heterocycles. The molecule has 1 unspecified atom stereocenters. The fourth-order valence-corrected chi connectivity index (χ4v) is 3.14. The van der Waals surface area contributed by atoms with Gasteiger partial charge in [-0.3, -0.25) is 0 Å². The molecule has 1 aliphatic heterocycles. The maximum absolute atomic E-state index is 5.66. The number of aryl methyl sites for hydroxylation is 1. The molecule has 3 N–H and O–H groups in total. The molecule has 1 fully saturated rings. The number of hydrogen-bond acceptors (Lipinski definition) is 4. The first-order chi connectivity index (χ1) is 8.15. The van der Waals surface area contributed by atoms with Crippen LogP contribution in [0.3, 0.4) is 0 Å². The molecule has 0 spiro atoms. The van der Waals surface area contributed by atoms with E-state index < -0.39 is 0 Å². The molecule has 1 atom stereocenters. The lowest BCUT2D eigenvalue weighted by Gasteiger charge is -2.23. The molecule has 0 radical (unpaired) electrons. The van der Waals surface area contributed by atoms with Crippen LogP contribution in [0.1, 0.15) is 24.1 Å². The van der Waals surface area contributed by atoms with Crippen LogP contribution >= 0.6 is 24.0 Å². The minimum atomic E-state index is 0.427. The highest BCUT2D eigenvalue weighted by Crippen LogP contribution is 2.20. The van der Waals surface area contributed by atoms with E-state index in [-0.39, 0.29) is 0 Å². The fraction of sp³-hybridized carbons (Fsp3) is 0.500. The van der Waals surface area contributed by atoms with E-state index >= 15 is 0 Å². The predicted molar refractivity (Wildman–Crippen MR) is 78.8 cm³/mol. The second kappa shape index (κ2) is 5.69. The Bertz CT molecular complexity index is 414. The molecule has 0 aromatic carbocycles. The quantitative estimate of drug-likeness (QED) is 0.823. The number of nitrogens with one attached hydrogen (secondary N) is 1. The van der Waals surface area contributed by atoms with Crippen LogP contribution in [0.5, 0.6) is 0 Å². The van der Waals surface area contributed by atoms with Gasteiger partial charge < -0.3 is 11.1 Å². The maximum Gasteiger partial charge on any atom is 0.127 e. The van der Waals surface area contributed by atoms with E-state index in [1.165, 1.54) is 18.6 Å². The minimum Gasteiger partial charge on any atom is -0.389 e. The lowest BCUT2D eigenvalue weighted by Crippen LogP contribution is -2.26. The average molecular weight is 267 g/mol. The van der Waals surface area contributed by atoms with Gasteiger partial charge in [-0.05, 0) is 37.7 Å². The van der Waals surface area contributed by atoms with Crippen molar-refractivity contribution in [3.8, 4) is 0 Å². The van der Waals surface area contributed by atoms with Crippen LogP contribution in [0.2, 0.25) is 0 Å². The van der Waals surface area contributed by atoms with Crippen molar-refractivity contribution < 1.29 is 0 Å². The Kier molecular flexibility index (Phi) is 4.23. The van der Waals surface area contributed by atoms with E-state index in [2.05, 4.69) is 10.3 Å². The number of anilines is 1. The Labute approximate surface area is 112 Å². The Morgan fingerprint density at radius 3 is 3.06 bits per heavy atom. The summed E-state index contributed by atoms with van der Waals surface area (Å²) in [5.74, 6) is 3.32. The first-order valence-electron chi connectivity index (χ1n) is 5.78. The third-order valence-corrected chi connectivity index (χ3v) is 4.20. The highest BCUT2D eigenvalue weighted by molar-refractivity contribution is 7.99. The van der Waals surface area contributed by atoms with Crippen molar-refractivity contribution in [3.63, 3.8) is 0 Å². The molecule has 0 bridgehead atoms. The number of nitrogens with zero attached hydrogens (tertiary/aromatic N) is 1. The summed E-state index contributed by atoms with van der Waals surface area (Å²) in [6, 6.07) is 4.37. The van der Waals surface area contributed by atoms with Gasteiger partial charge in [-0.25, -0.2) is 4.98 Å². The van der Waals surface area contributed by atoms with Crippen LogP contribution in [0.4, 0.5) is 5.82 Å². The SMILES string of the molecule is Cc1cc(C(N)=S)cc(NC2CCCSC2)n1. The van der Waals surface area contributed by atoms with Gasteiger partial charge >= 0.3 is 0 Å². The van der Waals surface area contributed by atoms with Crippen LogP contribution in [-0.4, -0.2) is 27.5 Å². The lowest BCUT2D eigenvalue weighted by atomic mass is 10.1. The number of thioether (sulfide) groups is 1. The van der Waals surface area contributed by atoms with E-state index in [9.17, 15) is 0 Å². The molecule has 5 heteroatoms. The highest BCUT2D eigenvalue weighted by Gasteiger charge is 2.14. The predicted octanol–water partition coefficient (Wildman–Crippen LogP) is 2.33. The average Bonchev–Trinajstić information content (AvgIpc) is 2.29. The number of rotatable bonds is 3. The molecule has 0 saturated carbocycles. The first-order valence-corrected chi connectivity index (χ1v) is 7.34. The standard InChI is InChI=1S/C12H17N3S2/c1-8-5-9(12(13)16)6-11(14-8)15-10-3-2-4-17-7-10/h5-6,10H,2-4,7H2,1H3,(H2,13,16)(H,14,15). The van der Waals surface area contributed by atoms with Crippen molar-refractivity contribution >= 4 is 34.8 Å². The molecule has 1 saturated heterocycles. The monoisotopic (exact) mass is 267 g/mol. The largest absolute Gasteiger partial charge is 0.389 e. The van der Waals surface area contributed by atoms with Crippen LogP contribution in [0, 0.1) is 6.92 Å². The van der Waals surface area contributed by atoms with E-state index in [1.54, 1.807) is 0 Å². The summed E-state index contributed by atoms with van der Waals surface area (Å²) in [4.78, 5) is 4.90. The van der Waals surface area contributed by atoms with Crippen molar-refractivity contribution in [2.75, 3.05) is 16.8 Å². The van der Waals surface area contributed by atoms with Gasteiger partial charge in [0.25, 0.3) is 0 Å². The Morgan fingerprint density at radius 1 is 1.59 bits per heavy atom. The minimum absolute atomic E-state index is 0.427. The maximum atomic E-state index is 5.66. The zero-order chi connectivity index (χ0) is 12.3. The molecular formula is C12H17N3S2. The highest BCUT2D eigenvalue weighted by atomic mass is 32.2. The molecule has 92 valence electrons. The molecule has 2 rings (SSSR count). The van der Waals surface area contributed by atoms with Gasteiger partial charge in [0.2, 0.25) is 0 Å². The van der Waals surface area contributed by atoms with Gasteiger partial charge in [0.1, 0.15) is 10.8 Å². The van der Waals surface area contributed by atoms with Gasteiger partial charge in [-0.2, -0.15) is 11.8 Å². The number of nitrogens with two attached hydrogens (primary N) is 1. The smallest absolute Gasteiger partial charge is 0.127 e. The van der Waals surface area contributed by atoms with Gasteiger partial charge in [0.05, 0.1) is 0 Å². The molecule has 0 aliphatic carbocycles. The summed E-state index contributed by atoms with van der Waals surface area (Å²) >= 11 is 7.00. The van der Waals surface area contributed by atoms with Crippen molar-refractivity contribution in [2.24, 2.45) is 5.73 Å². The molecular weight excluding hydrogens is 250 g/mol. The first kappa shape index (κ1) is 12.6. The molecule has 1 aliphatic rings. The topological polar surface area (TPSA) is 50.9 Å². The normalized spacial score (nSPS) is 19.9. The second-order valence-electron chi connectivity index (χ2n) is 4.31. The van der Waals surface area contributed by atoms with Crippen molar-refractivity contribution in [1.29, 1.82) is 0 Å². The Hall–Kier alpha value is -0.810. The van der Waals surface area contributed by atoms with Crippen molar-refractivity contribution in [2.45, 2.75) is 25.8 Å². The Balaban J connectivity index is 2.11. The summed E-state index contributed by atoms with van der Waals surface area (Å²) < 4.78 is 0. The fourth-order valence-electron chi connectivity index (χ4n) is 1.95. The van der Waals surface area contributed by atoms with Crippen molar-refractivity contribution in [3.05, 3.63) is 23.4 Å². The summed E-state index contributed by atoms with van der Waals surface area (Å²) in [6.45, 7) is 1.96. The molecule has 0 amide bonds. The van der Waals surface area contributed by atoms with Crippen LogP contribution in [0.15, 0.2) is 12.1 Å². The zero-order valence-corrected chi connectivity index (χ0v) is 11.5. The van der Waals surface area contributed by atoms with Gasteiger partial charge in [-0.15, -0.1) is 0 Å². The molecule has 1 aromatic rings. The lowest BCUT2D eigenvalue weighted by molar-refractivity contribution is 0.682. The van der Waals surface area contributed by atoms with Gasteiger partial charge in [-0.1, -0.05) is 12.2 Å². The molecule has 17 heavy (non-hydrogen) atoms. The van der Waals surface area contributed by atoms with E-state index in [0.29, 0.717) is 11.0 Å². The number of thiocarbonyl (C=S) groups is 1. The summed E-state index contributed by atoms with van der Waals surface area (Å²) in [5.41, 5.74) is 7.49. The van der Waals surface area contributed by atoms with E-state index in [0.717, 1.165) is 22.8 Å². The van der Waals surface area contributed by atoms with Crippen LogP contribution in [0.25, 0.3) is 0 Å². The van der Waals surface area contributed by atoms with E-state index in [1.807, 2.05) is 30.8 Å². The number of aromatic nitrogens is 1. The Morgan fingerprint density at radius 2 is 2.41 bits per heavy atom. The molecule has 3 nitrogen and oxygen atoms in total. The van der Waals surface area contributed by atoms with E-state index in [4.69, 9.17) is 18.0 Å². The summed E-state index contributed by atoms with van der Waals surface area (Å²) in [6.07, 6.45) is 2.49. The molecule has 1 aromatic heterocycles. The van der Waals surface area contributed by atoms with Crippen molar-refractivity contribution in [1.82, 2.24) is 4.98 Å².